The van der Waals surface area contributed by atoms with Crippen LogP contribution in [-0.4, -0.2) is 20.8 Å². The van der Waals surface area contributed by atoms with Crippen LogP contribution in [0.4, 0.5) is 0 Å². The van der Waals surface area contributed by atoms with Crippen molar-refractivity contribution in [2.45, 2.75) is 26.3 Å². The van der Waals surface area contributed by atoms with Crippen molar-refractivity contribution >= 4 is 0 Å². The van der Waals surface area contributed by atoms with E-state index in [0.717, 1.165) is 5.56 Å². The Labute approximate surface area is 103 Å². The lowest BCUT2D eigenvalue weighted by Crippen LogP contribution is -2.29. The molecule has 0 saturated carbocycles. The van der Waals surface area contributed by atoms with Gasteiger partial charge < -0.3 is 19.9 Å². The van der Waals surface area contributed by atoms with Crippen LogP contribution in [0.2, 0.25) is 0 Å². The van der Waals surface area contributed by atoms with Gasteiger partial charge in [-0.05, 0) is 26.8 Å². The summed E-state index contributed by atoms with van der Waals surface area (Å²) in [5.41, 5.74) is 6.51. The van der Waals surface area contributed by atoms with Crippen molar-refractivity contribution in [2.24, 2.45) is 5.73 Å². The molecule has 0 atom stereocenters. The summed E-state index contributed by atoms with van der Waals surface area (Å²) in [5.74, 6) is 2.04. The first-order valence-corrected chi connectivity index (χ1v) is 5.62. The minimum atomic E-state index is -0.497. The standard InChI is InChI=1S/C13H21NO3/c1-6-17-12-7-9(13(2,3)14)10(15-4)8-11(12)16-5/h7-8H,6,14H2,1-5H3. The fraction of sp³-hybridized carbons (Fsp3) is 0.538. The SMILES string of the molecule is CCOc1cc(C(C)(C)N)c(OC)cc1OC. The Kier molecular flexibility index (Phi) is 4.23. The summed E-state index contributed by atoms with van der Waals surface area (Å²) in [7, 11) is 3.22. The second-order valence-electron chi connectivity index (χ2n) is 4.36. The van der Waals surface area contributed by atoms with Gasteiger partial charge in [-0.3, -0.25) is 0 Å². The normalized spacial score (nSPS) is 11.2. The lowest BCUT2D eigenvalue weighted by Gasteiger charge is -2.24. The van der Waals surface area contributed by atoms with Crippen LogP contribution in [0, 0.1) is 0 Å². The minimum absolute atomic E-state index is 0.497. The van der Waals surface area contributed by atoms with Crippen LogP contribution in [0.1, 0.15) is 26.3 Å². The van der Waals surface area contributed by atoms with Crippen LogP contribution >= 0.6 is 0 Å². The Morgan fingerprint density at radius 2 is 1.65 bits per heavy atom. The number of ether oxygens (including phenoxy) is 3. The highest BCUT2D eigenvalue weighted by atomic mass is 16.5. The van der Waals surface area contributed by atoms with Gasteiger partial charge in [0.15, 0.2) is 11.5 Å². The molecule has 4 nitrogen and oxygen atoms in total. The molecule has 1 rings (SSSR count). The molecular weight excluding hydrogens is 218 g/mol. The van der Waals surface area contributed by atoms with E-state index in [9.17, 15) is 0 Å². The van der Waals surface area contributed by atoms with Gasteiger partial charge in [0, 0.05) is 17.2 Å². The first-order chi connectivity index (χ1) is 7.93. The summed E-state index contributed by atoms with van der Waals surface area (Å²) in [4.78, 5) is 0. The van der Waals surface area contributed by atoms with E-state index in [1.165, 1.54) is 0 Å². The number of benzene rings is 1. The summed E-state index contributed by atoms with van der Waals surface area (Å²) in [6.07, 6.45) is 0. The van der Waals surface area contributed by atoms with Crippen molar-refractivity contribution in [3.8, 4) is 17.2 Å². The van der Waals surface area contributed by atoms with Crippen molar-refractivity contribution in [1.29, 1.82) is 0 Å². The summed E-state index contributed by atoms with van der Waals surface area (Å²) in [6.45, 7) is 6.35. The summed E-state index contributed by atoms with van der Waals surface area (Å²) < 4.78 is 16.1. The molecule has 96 valence electrons. The molecule has 0 spiro atoms. The first-order valence-electron chi connectivity index (χ1n) is 5.62. The van der Waals surface area contributed by atoms with Crippen LogP contribution in [0.5, 0.6) is 17.2 Å². The van der Waals surface area contributed by atoms with Gasteiger partial charge >= 0.3 is 0 Å². The highest BCUT2D eigenvalue weighted by molar-refractivity contribution is 5.52. The van der Waals surface area contributed by atoms with E-state index in [4.69, 9.17) is 19.9 Å². The van der Waals surface area contributed by atoms with E-state index >= 15 is 0 Å². The van der Waals surface area contributed by atoms with Gasteiger partial charge in [0.05, 0.1) is 20.8 Å². The molecule has 1 aromatic rings. The average Bonchev–Trinajstić information content (AvgIpc) is 2.27. The van der Waals surface area contributed by atoms with Gasteiger partial charge in [0.25, 0.3) is 0 Å². The molecule has 0 aliphatic carbocycles. The van der Waals surface area contributed by atoms with Gasteiger partial charge in [-0.15, -0.1) is 0 Å². The van der Waals surface area contributed by atoms with E-state index in [1.807, 2.05) is 26.8 Å². The second kappa shape index (κ2) is 5.27. The molecular formula is C13H21NO3. The molecule has 0 aromatic heterocycles. The molecule has 0 aliphatic rings. The topological polar surface area (TPSA) is 53.7 Å². The summed E-state index contributed by atoms with van der Waals surface area (Å²) in [5, 5.41) is 0. The van der Waals surface area contributed by atoms with Crippen molar-refractivity contribution in [1.82, 2.24) is 0 Å². The number of hydrogen-bond donors (Lipinski definition) is 1. The molecule has 0 saturated heterocycles. The molecule has 0 fully saturated rings. The fourth-order valence-electron chi connectivity index (χ4n) is 1.64. The molecule has 4 heteroatoms. The molecule has 0 heterocycles. The molecule has 2 N–H and O–H groups in total. The van der Waals surface area contributed by atoms with Gasteiger partial charge in [-0.25, -0.2) is 0 Å². The van der Waals surface area contributed by atoms with Crippen molar-refractivity contribution in [3.05, 3.63) is 17.7 Å². The Bertz CT molecular complexity index is 383. The molecule has 0 aliphatic heterocycles. The predicted octanol–water partition coefficient (Wildman–Crippen LogP) is 2.30. The van der Waals surface area contributed by atoms with Crippen LogP contribution in [-0.2, 0) is 5.54 Å². The maximum absolute atomic E-state index is 6.11. The zero-order chi connectivity index (χ0) is 13.1. The third-order valence-electron chi connectivity index (χ3n) is 2.48. The molecule has 0 amide bonds. The second-order valence-corrected chi connectivity index (χ2v) is 4.36. The van der Waals surface area contributed by atoms with Gasteiger partial charge in [0.1, 0.15) is 5.75 Å². The van der Waals surface area contributed by atoms with Crippen LogP contribution in [0.3, 0.4) is 0 Å². The smallest absolute Gasteiger partial charge is 0.164 e. The molecule has 0 unspecified atom stereocenters. The third-order valence-corrected chi connectivity index (χ3v) is 2.48. The maximum Gasteiger partial charge on any atom is 0.164 e. The maximum atomic E-state index is 6.11. The zero-order valence-electron chi connectivity index (χ0n) is 11.2. The molecule has 0 radical (unpaired) electrons. The Balaban J connectivity index is 3.34. The van der Waals surface area contributed by atoms with Crippen LogP contribution in [0.15, 0.2) is 12.1 Å². The number of methoxy groups -OCH3 is 2. The van der Waals surface area contributed by atoms with Crippen molar-refractivity contribution < 1.29 is 14.2 Å². The van der Waals surface area contributed by atoms with E-state index in [1.54, 1.807) is 20.3 Å². The van der Waals surface area contributed by atoms with Gasteiger partial charge in [-0.2, -0.15) is 0 Å². The molecule has 17 heavy (non-hydrogen) atoms. The largest absolute Gasteiger partial charge is 0.496 e. The van der Waals surface area contributed by atoms with Crippen LogP contribution < -0.4 is 19.9 Å². The van der Waals surface area contributed by atoms with Crippen molar-refractivity contribution in [3.63, 3.8) is 0 Å². The molecule has 0 bridgehead atoms. The number of hydrogen-bond acceptors (Lipinski definition) is 4. The number of rotatable bonds is 5. The van der Waals surface area contributed by atoms with E-state index in [-0.39, 0.29) is 0 Å². The summed E-state index contributed by atoms with van der Waals surface area (Å²) in [6, 6.07) is 3.68. The van der Waals surface area contributed by atoms with Gasteiger partial charge in [-0.1, -0.05) is 0 Å². The van der Waals surface area contributed by atoms with E-state index in [0.29, 0.717) is 23.9 Å². The Morgan fingerprint density at radius 1 is 1.06 bits per heavy atom. The zero-order valence-corrected chi connectivity index (χ0v) is 11.2. The van der Waals surface area contributed by atoms with Crippen LogP contribution in [0.25, 0.3) is 0 Å². The lowest BCUT2D eigenvalue weighted by molar-refractivity contribution is 0.306. The predicted molar refractivity (Wildman–Crippen MR) is 67.9 cm³/mol. The van der Waals surface area contributed by atoms with Gasteiger partial charge in [0.2, 0.25) is 0 Å². The highest BCUT2D eigenvalue weighted by Gasteiger charge is 2.22. The molecule has 1 aromatic carbocycles. The minimum Gasteiger partial charge on any atom is -0.496 e. The highest BCUT2D eigenvalue weighted by Crippen LogP contribution is 2.38. The summed E-state index contributed by atoms with van der Waals surface area (Å²) >= 11 is 0. The Hall–Kier alpha value is -1.42. The van der Waals surface area contributed by atoms with Crippen molar-refractivity contribution in [2.75, 3.05) is 20.8 Å². The lowest BCUT2D eigenvalue weighted by atomic mass is 9.94. The third kappa shape index (κ3) is 3.03. The quantitative estimate of drug-likeness (QED) is 0.856. The number of nitrogens with two attached hydrogens (primary N) is 1. The Morgan fingerprint density at radius 3 is 2.06 bits per heavy atom. The van der Waals surface area contributed by atoms with E-state index < -0.39 is 5.54 Å². The van der Waals surface area contributed by atoms with E-state index in [2.05, 4.69) is 0 Å². The fourth-order valence-corrected chi connectivity index (χ4v) is 1.64. The monoisotopic (exact) mass is 239 g/mol. The average molecular weight is 239 g/mol. The first kappa shape index (κ1) is 13.6.